The molecule has 2 amide bonds. The lowest BCUT2D eigenvalue weighted by Gasteiger charge is -2.38. The summed E-state index contributed by atoms with van der Waals surface area (Å²) in [4.78, 5) is 22.8. The van der Waals surface area contributed by atoms with Crippen LogP contribution in [-0.2, 0) is 4.79 Å². The van der Waals surface area contributed by atoms with Crippen LogP contribution < -0.4 is 10.6 Å². The number of carbonyl (C=O) groups is 2. The standard InChI is InChI=1S/C12H22N2O3/c1-4-9(8(2)3)13-11(17)14-12(10(15)16)6-5-7-12/h8-9H,4-7H2,1-3H3,(H,15,16)(H2,13,14,17). The minimum Gasteiger partial charge on any atom is -0.480 e. The zero-order valence-corrected chi connectivity index (χ0v) is 10.7. The molecule has 98 valence electrons. The molecule has 17 heavy (non-hydrogen) atoms. The third-order valence-electron chi connectivity index (χ3n) is 3.53. The summed E-state index contributed by atoms with van der Waals surface area (Å²) < 4.78 is 0. The molecule has 0 aromatic carbocycles. The molecule has 5 heteroatoms. The summed E-state index contributed by atoms with van der Waals surface area (Å²) in [5.74, 6) is -0.593. The Labute approximate surface area is 102 Å². The van der Waals surface area contributed by atoms with Gasteiger partial charge in [-0.25, -0.2) is 9.59 Å². The second kappa shape index (κ2) is 5.38. The fourth-order valence-electron chi connectivity index (χ4n) is 2.08. The van der Waals surface area contributed by atoms with Gasteiger partial charge in [-0.1, -0.05) is 20.8 Å². The highest BCUT2D eigenvalue weighted by Crippen LogP contribution is 2.31. The van der Waals surface area contributed by atoms with Crippen molar-refractivity contribution in [2.45, 2.75) is 58.0 Å². The molecule has 1 saturated carbocycles. The summed E-state index contributed by atoms with van der Waals surface area (Å²) in [5.41, 5.74) is -1.03. The van der Waals surface area contributed by atoms with E-state index < -0.39 is 11.5 Å². The maximum absolute atomic E-state index is 11.7. The van der Waals surface area contributed by atoms with Gasteiger partial charge in [-0.05, 0) is 31.6 Å². The molecule has 3 N–H and O–H groups in total. The summed E-state index contributed by atoms with van der Waals surface area (Å²) in [5, 5.41) is 14.5. The molecule has 0 aromatic heterocycles. The summed E-state index contributed by atoms with van der Waals surface area (Å²) in [7, 11) is 0. The zero-order valence-electron chi connectivity index (χ0n) is 10.7. The Morgan fingerprint density at radius 1 is 1.35 bits per heavy atom. The van der Waals surface area contributed by atoms with E-state index in [0.717, 1.165) is 12.8 Å². The van der Waals surface area contributed by atoms with E-state index in [1.54, 1.807) is 0 Å². The van der Waals surface area contributed by atoms with Crippen molar-refractivity contribution in [2.75, 3.05) is 0 Å². The largest absolute Gasteiger partial charge is 0.480 e. The highest BCUT2D eigenvalue weighted by Gasteiger charge is 2.45. The lowest BCUT2D eigenvalue weighted by atomic mass is 9.77. The monoisotopic (exact) mass is 242 g/mol. The van der Waals surface area contributed by atoms with Crippen LogP contribution in [-0.4, -0.2) is 28.7 Å². The molecule has 0 aliphatic heterocycles. The number of nitrogens with one attached hydrogen (secondary N) is 2. The van der Waals surface area contributed by atoms with Gasteiger partial charge in [-0.2, -0.15) is 0 Å². The lowest BCUT2D eigenvalue weighted by Crippen LogP contribution is -2.62. The van der Waals surface area contributed by atoms with Crippen LogP contribution in [0.5, 0.6) is 0 Å². The van der Waals surface area contributed by atoms with Gasteiger partial charge in [0, 0.05) is 6.04 Å². The number of hydrogen-bond acceptors (Lipinski definition) is 2. The van der Waals surface area contributed by atoms with Gasteiger partial charge in [0.1, 0.15) is 5.54 Å². The summed E-state index contributed by atoms with van der Waals surface area (Å²) in [6.45, 7) is 6.07. The summed E-state index contributed by atoms with van der Waals surface area (Å²) in [6.07, 6.45) is 2.74. The number of rotatable bonds is 5. The minimum absolute atomic E-state index is 0.0842. The van der Waals surface area contributed by atoms with Gasteiger partial charge in [-0.3, -0.25) is 0 Å². The van der Waals surface area contributed by atoms with Crippen molar-refractivity contribution in [2.24, 2.45) is 5.92 Å². The average molecular weight is 242 g/mol. The van der Waals surface area contributed by atoms with Crippen molar-refractivity contribution < 1.29 is 14.7 Å². The van der Waals surface area contributed by atoms with Crippen LogP contribution in [0.2, 0.25) is 0 Å². The Morgan fingerprint density at radius 3 is 2.24 bits per heavy atom. The Balaban J connectivity index is 2.51. The average Bonchev–Trinajstić information content (AvgIpc) is 2.18. The SMILES string of the molecule is CCC(NC(=O)NC1(C(=O)O)CCC1)C(C)C. The minimum atomic E-state index is -1.03. The van der Waals surface area contributed by atoms with Crippen LogP contribution in [0.25, 0.3) is 0 Å². The van der Waals surface area contributed by atoms with Gasteiger partial charge in [0.2, 0.25) is 0 Å². The highest BCUT2D eigenvalue weighted by molar-refractivity contribution is 5.87. The molecular weight excluding hydrogens is 220 g/mol. The van der Waals surface area contributed by atoms with Gasteiger partial charge in [0.05, 0.1) is 0 Å². The summed E-state index contributed by atoms with van der Waals surface area (Å²) in [6, 6.07) is -0.284. The van der Waals surface area contributed by atoms with Gasteiger partial charge in [0.25, 0.3) is 0 Å². The van der Waals surface area contributed by atoms with E-state index >= 15 is 0 Å². The molecule has 0 heterocycles. The molecule has 5 nitrogen and oxygen atoms in total. The fraction of sp³-hybridized carbons (Fsp3) is 0.833. The predicted molar refractivity (Wildman–Crippen MR) is 64.8 cm³/mol. The Hall–Kier alpha value is -1.26. The number of carboxylic acid groups (broad SMARTS) is 1. The number of urea groups is 1. The molecule has 1 aliphatic carbocycles. The second-order valence-electron chi connectivity index (χ2n) is 5.10. The molecule has 1 rings (SSSR count). The molecule has 1 unspecified atom stereocenters. The second-order valence-corrected chi connectivity index (χ2v) is 5.10. The molecule has 1 aliphatic rings. The number of aliphatic carboxylic acids is 1. The molecule has 0 saturated heterocycles. The van der Waals surface area contributed by atoms with Crippen LogP contribution in [0.4, 0.5) is 4.79 Å². The fourth-order valence-corrected chi connectivity index (χ4v) is 2.08. The van der Waals surface area contributed by atoms with Crippen LogP contribution >= 0.6 is 0 Å². The van der Waals surface area contributed by atoms with Gasteiger partial charge in [0.15, 0.2) is 0 Å². The third kappa shape index (κ3) is 3.11. The first kappa shape index (κ1) is 13.8. The van der Waals surface area contributed by atoms with Gasteiger partial charge < -0.3 is 15.7 Å². The van der Waals surface area contributed by atoms with Gasteiger partial charge in [-0.15, -0.1) is 0 Å². The van der Waals surface area contributed by atoms with Crippen LogP contribution in [0.15, 0.2) is 0 Å². The predicted octanol–water partition coefficient (Wildman–Crippen LogP) is 1.73. The molecule has 1 fully saturated rings. The van der Waals surface area contributed by atoms with Crippen molar-refractivity contribution in [1.82, 2.24) is 10.6 Å². The van der Waals surface area contributed by atoms with Crippen molar-refractivity contribution in [3.63, 3.8) is 0 Å². The van der Waals surface area contributed by atoms with Crippen molar-refractivity contribution in [3.05, 3.63) is 0 Å². The summed E-state index contributed by atoms with van der Waals surface area (Å²) >= 11 is 0. The van der Waals surface area contributed by atoms with Crippen LogP contribution in [0.3, 0.4) is 0 Å². The first-order chi connectivity index (χ1) is 7.91. The van der Waals surface area contributed by atoms with E-state index in [-0.39, 0.29) is 12.1 Å². The third-order valence-corrected chi connectivity index (χ3v) is 3.53. The topological polar surface area (TPSA) is 78.4 Å². The molecule has 1 atom stereocenters. The lowest BCUT2D eigenvalue weighted by molar-refractivity contribution is -0.148. The normalized spacial score (nSPS) is 19.3. The molecule has 0 spiro atoms. The highest BCUT2D eigenvalue weighted by atomic mass is 16.4. The van der Waals surface area contributed by atoms with Crippen molar-refractivity contribution in [3.8, 4) is 0 Å². The van der Waals surface area contributed by atoms with Gasteiger partial charge >= 0.3 is 12.0 Å². The molecule has 0 aromatic rings. The first-order valence-corrected chi connectivity index (χ1v) is 6.23. The van der Waals surface area contributed by atoms with E-state index in [9.17, 15) is 9.59 Å². The number of amides is 2. The Bertz CT molecular complexity index is 298. The van der Waals surface area contributed by atoms with Crippen LogP contribution in [0, 0.1) is 5.92 Å². The van der Waals surface area contributed by atoms with Crippen molar-refractivity contribution >= 4 is 12.0 Å². The quantitative estimate of drug-likeness (QED) is 0.687. The smallest absolute Gasteiger partial charge is 0.329 e. The number of carboxylic acids is 1. The number of hydrogen-bond donors (Lipinski definition) is 3. The van der Waals surface area contributed by atoms with E-state index in [1.807, 2.05) is 20.8 Å². The molecule has 0 bridgehead atoms. The maximum atomic E-state index is 11.7. The molecular formula is C12H22N2O3. The zero-order chi connectivity index (χ0) is 13.1. The van der Waals surface area contributed by atoms with E-state index in [1.165, 1.54) is 0 Å². The van der Waals surface area contributed by atoms with Crippen LogP contribution in [0.1, 0.15) is 46.5 Å². The Morgan fingerprint density at radius 2 is 1.94 bits per heavy atom. The first-order valence-electron chi connectivity index (χ1n) is 6.23. The van der Waals surface area contributed by atoms with Crippen molar-refractivity contribution in [1.29, 1.82) is 0 Å². The molecule has 0 radical (unpaired) electrons. The Kier molecular flexibility index (Phi) is 4.37. The number of carbonyl (C=O) groups excluding carboxylic acids is 1. The van der Waals surface area contributed by atoms with E-state index in [4.69, 9.17) is 5.11 Å². The maximum Gasteiger partial charge on any atom is 0.329 e. The van der Waals surface area contributed by atoms with E-state index in [0.29, 0.717) is 18.8 Å². The van der Waals surface area contributed by atoms with E-state index in [2.05, 4.69) is 10.6 Å².